The number of aromatic nitrogens is 2. The highest BCUT2D eigenvalue weighted by Gasteiger charge is 2.20. The number of halogens is 2. The van der Waals surface area contributed by atoms with Crippen molar-refractivity contribution in [2.24, 2.45) is 0 Å². The van der Waals surface area contributed by atoms with Gasteiger partial charge in [-0.25, -0.2) is 8.78 Å². The van der Waals surface area contributed by atoms with Gasteiger partial charge in [-0.1, -0.05) is 0 Å². The second kappa shape index (κ2) is 5.70. The van der Waals surface area contributed by atoms with Crippen molar-refractivity contribution < 1.29 is 13.6 Å². The number of pyridine rings is 1. The van der Waals surface area contributed by atoms with Crippen molar-refractivity contribution in [3.8, 4) is 11.1 Å². The minimum absolute atomic E-state index is 0.0566. The Kier molecular flexibility index (Phi) is 3.52. The van der Waals surface area contributed by atoms with Gasteiger partial charge in [-0.05, 0) is 36.8 Å². The van der Waals surface area contributed by atoms with E-state index >= 15 is 0 Å². The van der Waals surface area contributed by atoms with Gasteiger partial charge >= 0.3 is 0 Å². The van der Waals surface area contributed by atoms with Crippen molar-refractivity contribution in [2.45, 2.75) is 13.0 Å². The van der Waals surface area contributed by atoms with Crippen LogP contribution in [0, 0.1) is 11.6 Å². The molecule has 24 heavy (non-hydrogen) atoms. The van der Waals surface area contributed by atoms with E-state index in [1.807, 2.05) is 6.07 Å². The topological polar surface area (TPSA) is 38.1 Å². The van der Waals surface area contributed by atoms with Crippen LogP contribution in [-0.2, 0) is 11.3 Å². The summed E-state index contributed by atoms with van der Waals surface area (Å²) in [7, 11) is 0. The van der Waals surface area contributed by atoms with Crippen LogP contribution in [0.1, 0.15) is 6.42 Å². The number of carbonyl (C=O) groups is 1. The van der Waals surface area contributed by atoms with E-state index in [0.717, 1.165) is 43.2 Å². The van der Waals surface area contributed by atoms with Gasteiger partial charge in [0.25, 0.3) is 0 Å². The van der Waals surface area contributed by atoms with E-state index in [-0.39, 0.29) is 18.0 Å². The summed E-state index contributed by atoms with van der Waals surface area (Å²) in [6.07, 6.45) is 4.35. The summed E-state index contributed by atoms with van der Waals surface area (Å²) in [5.74, 6) is -0.955. The Hall–Kier alpha value is -2.76. The van der Waals surface area contributed by atoms with Crippen LogP contribution in [0.5, 0.6) is 0 Å². The second-order valence-corrected chi connectivity index (χ2v) is 5.93. The molecule has 0 aliphatic carbocycles. The Morgan fingerprint density at radius 1 is 1.17 bits per heavy atom. The van der Waals surface area contributed by atoms with Crippen molar-refractivity contribution in [3.05, 3.63) is 54.4 Å². The number of hydrogen-bond donors (Lipinski definition) is 0. The minimum Gasteiger partial charge on any atom is -0.341 e. The molecule has 0 N–H and O–H groups in total. The molecule has 122 valence electrons. The summed E-state index contributed by atoms with van der Waals surface area (Å²) < 4.78 is 29.2. The smallest absolute Gasteiger partial charge is 0.242 e. The maximum absolute atomic E-state index is 14.0. The molecule has 4 rings (SSSR count). The van der Waals surface area contributed by atoms with Gasteiger partial charge in [-0.2, -0.15) is 0 Å². The molecule has 3 heterocycles. The van der Waals surface area contributed by atoms with Crippen LogP contribution in [0.4, 0.5) is 8.78 Å². The lowest BCUT2D eigenvalue weighted by molar-refractivity contribution is -0.135. The molecule has 4 nitrogen and oxygen atoms in total. The van der Waals surface area contributed by atoms with Gasteiger partial charge in [0, 0.05) is 36.6 Å². The predicted octanol–water partition coefficient (Wildman–Crippen LogP) is 3.21. The molecule has 2 aromatic heterocycles. The van der Waals surface area contributed by atoms with Crippen molar-refractivity contribution in [1.29, 1.82) is 0 Å². The number of carbonyl (C=O) groups excluding carboxylic acids is 1. The van der Waals surface area contributed by atoms with Crippen molar-refractivity contribution in [2.75, 3.05) is 13.1 Å². The first kappa shape index (κ1) is 14.8. The van der Waals surface area contributed by atoms with Crippen LogP contribution >= 0.6 is 0 Å². The normalized spacial score (nSPS) is 14.0. The van der Waals surface area contributed by atoms with Gasteiger partial charge in [0.05, 0.1) is 11.0 Å². The van der Waals surface area contributed by atoms with Crippen LogP contribution in [0.3, 0.4) is 0 Å². The van der Waals surface area contributed by atoms with Crippen LogP contribution in [0.25, 0.3) is 22.2 Å². The molecule has 0 spiro atoms. The molecule has 0 bridgehead atoms. The highest BCUT2D eigenvalue weighted by Crippen LogP contribution is 2.26. The minimum atomic E-state index is -0.507. The predicted molar refractivity (Wildman–Crippen MR) is 86.3 cm³/mol. The van der Waals surface area contributed by atoms with E-state index in [9.17, 15) is 13.6 Å². The third kappa shape index (κ3) is 2.54. The number of fused-ring (bicyclic) bond motifs is 1. The van der Waals surface area contributed by atoms with E-state index in [1.165, 1.54) is 6.20 Å². The SMILES string of the molecule is O=C(Cn1ccc2ncc(-c3cc(F)ccc3F)cc21)N1CCC1. The first-order valence-corrected chi connectivity index (χ1v) is 7.80. The number of benzene rings is 1. The summed E-state index contributed by atoms with van der Waals surface area (Å²) in [6.45, 7) is 1.83. The molecule has 1 aliphatic rings. The monoisotopic (exact) mass is 327 g/mol. The quantitative estimate of drug-likeness (QED) is 0.741. The lowest BCUT2D eigenvalue weighted by atomic mass is 10.1. The van der Waals surface area contributed by atoms with E-state index in [1.54, 1.807) is 21.7 Å². The van der Waals surface area contributed by atoms with Crippen molar-refractivity contribution in [3.63, 3.8) is 0 Å². The standard InChI is InChI=1S/C18H15F2N3O/c19-13-2-3-15(20)14(9-13)12-8-17-16(21-10-12)4-7-23(17)11-18(24)22-5-1-6-22/h2-4,7-10H,1,5-6,11H2. The largest absolute Gasteiger partial charge is 0.341 e. The molecule has 1 fully saturated rings. The first-order valence-electron chi connectivity index (χ1n) is 7.80. The third-order valence-corrected chi connectivity index (χ3v) is 4.37. The molecular weight excluding hydrogens is 312 g/mol. The number of amides is 1. The number of nitrogens with zero attached hydrogens (tertiary/aromatic N) is 3. The van der Waals surface area contributed by atoms with Gasteiger partial charge < -0.3 is 9.47 Å². The zero-order chi connectivity index (χ0) is 16.7. The highest BCUT2D eigenvalue weighted by atomic mass is 19.1. The first-order chi connectivity index (χ1) is 11.6. The van der Waals surface area contributed by atoms with Crippen molar-refractivity contribution in [1.82, 2.24) is 14.5 Å². The maximum Gasteiger partial charge on any atom is 0.242 e. The van der Waals surface area contributed by atoms with E-state index < -0.39 is 11.6 Å². The third-order valence-electron chi connectivity index (χ3n) is 4.37. The van der Waals surface area contributed by atoms with Gasteiger partial charge in [0.1, 0.15) is 18.2 Å². The van der Waals surface area contributed by atoms with E-state index in [4.69, 9.17) is 0 Å². The summed E-state index contributed by atoms with van der Waals surface area (Å²) in [5.41, 5.74) is 2.08. The Bertz CT molecular complexity index is 931. The molecule has 1 aromatic carbocycles. The Morgan fingerprint density at radius 2 is 2.00 bits per heavy atom. The molecule has 0 atom stereocenters. The lowest BCUT2D eigenvalue weighted by Crippen LogP contribution is -2.43. The van der Waals surface area contributed by atoms with Crippen LogP contribution in [0.15, 0.2) is 42.7 Å². The number of hydrogen-bond acceptors (Lipinski definition) is 2. The van der Waals surface area contributed by atoms with Gasteiger partial charge in [0.15, 0.2) is 0 Å². The average Bonchev–Trinajstić information content (AvgIpc) is 2.90. The molecule has 0 unspecified atom stereocenters. The molecule has 1 aliphatic heterocycles. The molecular formula is C18H15F2N3O. The summed E-state index contributed by atoms with van der Waals surface area (Å²) in [5, 5.41) is 0. The fourth-order valence-corrected chi connectivity index (χ4v) is 2.88. The Labute approximate surface area is 137 Å². The maximum atomic E-state index is 14.0. The Morgan fingerprint density at radius 3 is 2.75 bits per heavy atom. The second-order valence-electron chi connectivity index (χ2n) is 5.93. The number of rotatable bonds is 3. The van der Waals surface area contributed by atoms with Crippen LogP contribution < -0.4 is 0 Å². The van der Waals surface area contributed by atoms with Gasteiger partial charge in [-0.15, -0.1) is 0 Å². The summed E-state index contributed by atoms with van der Waals surface area (Å²) >= 11 is 0. The Balaban J connectivity index is 1.72. The molecule has 0 radical (unpaired) electrons. The van der Waals surface area contributed by atoms with Gasteiger partial charge in [-0.3, -0.25) is 9.78 Å². The molecule has 3 aromatic rings. The number of likely N-dealkylation sites (tertiary alicyclic amines) is 1. The fraction of sp³-hybridized carbons (Fsp3) is 0.222. The van der Waals surface area contributed by atoms with E-state index in [2.05, 4.69) is 4.98 Å². The molecule has 0 saturated carbocycles. The van der Waals surface area contributed by atoms with Crippen LogP contribution in [-0.4, -0.2) is 33.4 Å². The van der Waals surface area contributed by atoms with Crippen LogP contribution in [0.2, 0.25) is 0 Å². The van der Waals surface area contributed by atoms with Gasteiger partial charge in [0.2, 0.25) is 5.91 Å². The summed E-state index contributed by atoms with van der Waals surface area (Å²) in [6, 6.07) is 6.88. The van der Waals surface area contributed by atoms with Crippen molar-refractivity contribution >= 4 is 16.9 Å². The molecule has 1 saturated heterocycles. The van der Waals surface area contributed by atoms with E-state index in [0.29, 0.717) is 11.1 Å². The molecule has 1 amide bonds. The zero-order valence-electron chi connectivity index (χ0n) is 12.9. The fourth-order valence-electron chi connectivity index (χ4n) is 2.88. The highest BCUT2D eigenvalue weighted by molar-refractivity contribution is 5.84. The zero-order valence-corrected chi connectivity index (χ0v) is 12.9. The average molecular weight is 327 g/mol. The summed E-state index contributed by atoms with van der Waals surface area (Å²) in [4.78, 5) is 18.3. The molecule has 6 heteroatoms. The lowest BCUT2D eigenvalue weighted by Gasteiger charge is -2.31.